The number of nitrogens with zero attached hydrogens (tertiary/aromatic N) is 1. The Hall–Kier alpha value is -2.86. The molecule has 0 saturated carbocycles. The van der Waals surface area contributed by atoms with E-state index >= 15 is 0 Å². The SMILES string of the molecule is CC(C)C(NC(=O)COc1ccccc1)C(=O)NC1CCCN(Cc2ccccc2)C1. The van der Waals surface area contributed by atoms with Crippen molar-refractivity contribution in [3.05, 3.63) is 66.2 Å². The minimum atomic E-state index is -0.587. The van der Waals surface area contributed by atoms with E-state index in [1.807, 2.05) is 38.1 Å². The monoisotopic (exact) mass is 423 g/mol. The van der Waals surface area contributed by atoms with Gasteiger partial charge in [0.1, 0.15) is 11.8 Å². The maximum absolute atomic E-state index is 12.9. The lowest BCUT2D eigenvalue weighted by Gasteiger charge is -2.34. The topological polar surface area (TPSA) is 70.7 Å². The van der Waals surface area contributed by atoms with E-state index in [-0.39, 0.29) is 30.4 Å². The third-order valence-corrected chi connectivity index (χ3v) is 5.48. The largest absolute Gasteiger partial charge is 0.484 e. The smallest absolute Gasteiger partial charge is 0.258 e. The second kappa shape index (κ2) is 11.5. The van der Waals surface area contributed by atoms with E-state index in [2.05, 4.69) is 39.8 Å². The quantitative estimate of drug-likeness (QED) is 0.651. The summed E-state index contributed by atoms with van der Waals surface area (Å²) < 4.78 is 5.50. The van der Waals surface area contributed by atoms with Crippen LogP contribution in [0.15, 0.2) is 60.7 Å². The second-order valence-corrected chi connectivity index (χ2v) is 8.46. The zero-order valence-corrected chi connectivity index (χ0v) is 18.4. The average Bonchev–Trinajstić information content (AvgIpc) is 2.77. The number of benzene rings is 2. The summed E-state index contributed by atoms with van der Waals surface area (Å²) in [5, 5.41) is 6.00. The lowest BCUT2D eigenvalue weighted by atomic mass is 10.0. The molecule has 0 spiro atoms. The lowest BCUT2D eigenvalue weighted by molar-refractivity contribution is -0.131. The van der Waals surface area contributed by atoms with Crippen LogP contribution in [-0.2, 0) is 16.1 Å². The van der Waals surface area contributed by atoms with Gasteiger partial charge in [-0.25, -0.2) is 0 Å². The van der Waals surface area contributed by atoms with Gasteiger partial charge < -0.3 is 15.4 Å². The van der Waals surface area contributed by atoms with Gasteiger partial charge in [-0.3, -0.25) is 14.5 Å². The molecule has 1 fully saturated rings. The van der Waals surface area contributed by atoms with Gasteiger partial charge >= 0.3 is 0 Å². The van der Waals surface area contributed by atoms with Crippen molar-refractivity contribution in [2.45, 2.75) is 45.3 Å². The van der Waals surface area contributed by atoms with E-state index in [1.54, 1.807) is 12.1 Å². The fraction of sp³-hybridized carbons (Fsp3) is 0.440. The van der Waals surface area contributed by atoms with Crippen LogP contribution in [-0.4, -0.2) is 48.5 Å². The van der Waals surface area contributed by atoms with Crippen LogP contribution in [0.2, 0.25) is 0 Å². The molecule has 1 saturated heterocycles. The molecule has 2 aromatic carbocycles. The summed E-state index contributed by atoms with van der Waals surface area (Å²) in [5.74, 6) is 0.176. The van der Waals surface area contributed by atoms with Gasteiger partial charge in [-0.2, -0.15) is 0 Å². The van der Waals surface area contributed by atoms with Crippen molar-refractivity contribution in [2.75, 3.05) is 19.7 Å². The highest BCUT2D eigenvalue weighted by Gasteiger charge is 2.28. The van der Waals surface area contributed by atoms with E-state index in [0.717, 1.165) is 32.5 Å². The summed E-state index contributed by atoms with van der Waals surface area (Å²) >= 11 is 0. The lowest BCUT2D eigenvalue weighted by Crippen LogP contribution is -2.55. The first kappa shape index (κ1) is 22.8. The molecule has 0 aliphatic carbocycles. The van der Waals surface area contributed by atoms with Crippen LogP contribution in [0, 0.1) is 5.92 Å². The van der Waals surface area contributed by atoms with Gasteiger partial charge in [0, 0.05) is 19.1 Å². The summed E-state index contributed by atoms with van der Waals surface area (Å²) in [7, 11) is 0. The number of hydrogen-bond acceptors (Lipinski definition) is 4. The summed E-state index contributed by atoms with van der Waals surface area (Å²) in [4.78, 5) is 27.7. The Morgan fingerprint density at radius 2 is 1.74 bits per heavy atom. The van der Waals surface area contributed by atoms with Crippen molar-refractivity contribution in [1.29, 1.82) is 0 Å². The molecule has 166 valence electrons. The highest BCUT2D eigenvalue weighted by molar-refractivity contribution is 5.88. The van der Waals surface area contributed by atoms with Crippen molar-refractivity contribution in [3.8, 4) is 5.75 Å². The highest BCUT2D eigenvalue weighted by Crippen LogP contribution is 2.15. The molecular weight excluding hydrogens is 390 g/mol. The predicted octanol–water partition coefficient (Wildman–Crippen LogP) is 2.99. The van der Waals surface area contributed by atoms with Gasteiger partial charge in [-0.05, 0) is 43.0 Å². The molecule has 0 radical (unpaired) electrons. The van der Waals surface area contributed by atoms with Gasteiger partial charge in [0.15, 0.2) is 6.61 Å². The van der Waals surface area contributed by atoms with Gasteiger partial charge in [0.2, 0.25) is 5.91 Å². The summed E-state index contributed by atoms with van der Waals surface area (Å²) in [6.45, 7) is 6.48. The molecule has 6 nitrogen and oxygen atoms in total. The number of carbonyl (C=O) groups is 2. The second-order valence-electron chi connectivity index (χ2n) is 8.46. The van der Waals surface area contributed by atoms with Gasteiger partial charge in [0.05, 0.1) is 0 Å². The Labute approximate surface area is 185 Å². The molecule has 2 N–H and O–H groups in total. The molecule has 2 aromatic rings. The first-order valence-electron chi connectivity index (χ1n) is 11.0. The summed E-state index contributed by atoms with van der Waals surface area (Å²) in [5.41, 5.74) is 1.28. The number of likely N-dealkylation sites (tertiary alicyclic amines) is 1. The fourth-order valence-corrected chi connectivity index (χ4v) is 3.87. The number of ether oxygens (including phenoxy) is 1. The maximum atomic E-state index is 12.9. The van der Waals surface area contributed by atoms with Crippen molar-refractivity contribution >= 4 is 11.8 Å². The number of nitrogens with one attached hydrogen (secondary N) is 2. The number of rotatable bonds is 9. The Balaban J connectivity index is 1.49. The summed E-state index contributed by atoms with van der Waals surface area (Å²) in [6.07, 6.45) is 1.99. The van der Waals surface area contributed by atoms with Crippen molar-refractivity contribution in [1.82, 2.24) is 15.5 Å². The van der Waals surface area contributed by atoms with Crippen LogP contribution >= 0.6 is 0 Å². The van der Waals surface area contributed by atoms with Gasteiger partial charge in [-0.1, -0.05) is 62.4 Å². The molecule has 2 unspecified atom stereocenters. The number of carbonyl (C=O) groups excluding carboxylic acids is 2. The van der Waals surface area contributed by atoms with Crippen molar-refractivity contribution in [2.24, 2.45) is 5.92 Å². The summed E-state index contributed by atoms with van der Waals surface area (Å²) in [6, 6.07) is 19.1. The molecule has 3 rings (SSSR count). The van der Waals surface area contributed by atoms with E-state index in [1.165, 1.54) is 5.56 Å². The van der Waals surface area contributed by atoms with Crippen molar-refractivity contribution in [3.63, 3.8) is 0 Å². The fourth-order valence-electron chi connectivity index (χ4n) is 3.87. The first-order valence-corrected chi connectivity index (χ1v) is 11.0. The average molecular weight is 424 g/mol. The van der Waals surface area contributed by atoms with Gasteiger partial charge in [0.25, 0.3) is 5.91 Å². The van der Waals surface area contributed by atoms with E-state index in [9.17, 15) is 9.59 Å². The molecule has 31 heavy (non-hydrogen) atoms. The van der Waals surface area contributed by atoms with E-state index in [0.29, 0.717) is 5.75 Å². The van der Waals surface area contributed by atoms with Crippen LogP contribution in [0.25, 0.3) is 0 Å². The molecule has 2 atom stereocenters. The van der Waals surface area contributed by atoms with Crippen LogP contribution in [0.1, 0.15) is 32.3 Å². The Morgan fingerprint density at radius 3 is 2.42 bits per heavy atom. The number of piperidine rings is 1. The zero-order valence-electron chi connectivity index (χ0n) is 18.4. The standard InChI is InChI=1S/C25H33N3O3/c1-19(2)24(27-23(29)18-31-22-13-7-4-8-14-22)25(30)26-21-12-9-15-28(17-21)16-20-10-5-3-6-11-20/h3-8,10-11,13-14,19,21,24H,9,12,15-18H2,1-2H3,(H,26,30)(H,27,29). The van der Waals surface area contributed by atoms with E-state index in [4.69, 9.17) is 4.74 Å². The van der Waals surface area contributed by atoms with Crippen molar-refractivity contribution < 1.29 is 14.3 Å². The number of para-hydroxylation sites is 1. The maximum Gasteiger partial charge on any atom is 0.258 e. The number of amides is 2. The molecule has 2 amide bonds. The molecule has 0 bridgehead atoms. The first-order chi connectivity index (χ1) is 15.0. The molecule has 1 aliphatic heterocycles. The molecule has 1 aliphatic rings. The van der Waals surface area contributed by atoms with Crippen LogP contribution < -0.4 is 15.4 Å². The minimum absolute atomic E-state index is 0.0234. The predicted molar refractivity (Wildman–Crippen MR) is 122 cm³/mol. The number of hydrogen-bond donors (Lipinski definition) is 2. The Morgan fingerprint density at radius 1 is 1.06 bits per heavy atom. The molecule has 1 heterocycles. The van der Waals surface area contributed by atoms with Crippen LogP contribution in [0.3, 0.4) is 0 Å². The Bertz CT molecular complexity index is 826. The van der Waals surface area contributed by atoms with Crippen LogP contribution in [0.5, 0.6) is 5.75 Å². The third-order valence-electron chi connectivity index (χ3n) is 5.48. The zero-order chi connectivity index (χ0) is 22.1. The molecule has 0 aromatic heterocycles. The molecular formula is C25H33N3O3. The van der Waals surface area contributed by atoms with Crippen LogP contribution in [0.4, 0.5) is 0 Å². The Kier molecular flexibility index (Phi) is 8.47. The van der Waals surface area contributed by atoms with E-state index < -0.39 is 6.04 Å². The van der Waals surface area contributed by atoms with Gasteiger partial charge in [-0.15, -0.1) is 0 Å². The minimum Gasteiger partial charge on any atom is -0.484 e. The highest BCUT2D eigenvalue weighted by atomic mass is 16.5. The third kappa shape index (κ3) is 7.40. The normalized spacial score (nSPS) is 17.7. The molecule has 6 heteroatoms.